The van der Waals surface area contributed by atoms with Crippen LogP contribution in [0.5, 0.6) is 5.75 Å². The van der Waals surface area contributed by atoms with Crippen LogP contribution in [0.4, 0.5) is 4.39 Å². The molecule has 0 spiro atoms. The van der Waals surface area contributed by atoms with Crippen molar-refractivity contribution in [2.75, 3.05) is 7.11 Å². The normalized spacial score (nSPS) is 10.6. The molecule has 1 aromatic carbocycles. The van der Waals surface area contributed by atoms with Crippen molar-refractivity contribution in [1.82, 2.24) is 19.7 Å². The van der Waals surface area contributed by atoms with Crippen molar-refractivity contribution in [3.63, 3.8) is 0 Å². The maximum atomic E-state index is 13.5. The lowest BCUT2D eigenvalue weighted by Crippen LogP contribution is -1.98. The first kappa shape index (κ1) is 13.2. The number of rotatable bonds is 3. The van der Waals surface area contributed by atoms with Crippen LogP contribution in [-0.2, 0) is 0 Å². The Morgan fingerprint density at radius 2 is 1.86 bits per heavy atom. The van der Waals surface area contributed by atoms with Gasteiger partial charge in [0.15, 0.2) is 0 Å². The predicted molar refractivity (Wildman–Crippen MR) is 75.8 cm³/mol. The van der Waals surface area contributed by atoms with E-state index in [4.69, 9.17) is 4.74 Å². The molecule has 0 radical (unpaired) electrons. The Morgan fingerprint density at radius 3 is 2.52 bits per heavy atom. The van der Waals surface area contributed by atoms with E-state index in [0.717, 1.165) is 11.1 Å². The highest BCUT2D eigenvalue weighted by Crippen LogP contribution is 2.32. The van der Waals surface area contributed by atoms with Crippen molar-refractivity contribution < 1.29 is 9.13 Å². The Hall–Kier alpha value is -2.76. The van der Waals surface area contributed by atoms with E-state index in [1.54, 1.807) is 36.6 Å². The highest BCUT2D eigenvalue weighted by molar-refractivity contribution is 5.73. The Labute approximate surface area is 121 Å². The van der Waals surface area contributed by atoms with Gasteiger partial charge in [0.1, 0.15) is 30.0 Å². The SMILES string of the molecule is COc1ccc(F)cc1-c1cnc(-n2cnnc2)cc1C. The molecule has 2 heterocycles. The number of nitrogens with zero attached hydrogens (tertiary/aromatic N) is 4. The first-order chi connectivity index (χ1) is 10.2. The molecule has 0 N–H and O–H groups in total. The smallest absolute Gasteiger partial charge is 0.139 e. The summed E-state index contributed by atoms with van der Waals surface area (Å²) in [5.74, 6) is 1.00. The number of pyridine rings is 1. The van der Waals surface area contributed by atoms with Crippen LogP contribution in [0, 0.1) is 12.7 Å². The molecule has 0 aliphatic heterocycles. The average Bonchev–Trinajstić information content (AvgIpc) is 3.01. The largest absolute Gasteiger partial charge is 0.496 e. The van der Waals surface area contributed by atoms with Crippen LogP contribution in [0.25, 0.3) is 16.9 Å². The van der Waals surface area contributed by atoms with E-state index >= 15 is 0 Å². The maximum Gasteiger partial charge on any atom is 0.139 e. The maximum absolute atomic E-state index is 13.5. The van der Waals surface area contributed by atoms with Gasteiger partial charge in [-0.2, -0.15) is 0 Å². The topological polar surface area (TPSA) is 52.8 Å². The van der Waals surface area contributed by atoms with E-state index in [1.165, 1.54) is 12.1 Å². The molecule has 106 valence electrons. The second-order valence-electron chi connectivity index (χ2n) is 4.57. The minimum atomic E-state index is -0.312. The second kappa shape index (κ2) is 5.32. The molecule has 3 aromatic rings. The van der Waals surface area contributed by atoms with Gasteiger partial charge in [0.25, 0.3) is 0 Å². The van der Waals surface area contributed by atoms with E-state index in [-0.39, 0.29) is 5.82 Å². The zero-order chi connectivity index (χ0) is 14.8. The Morgan fingerprint density at radius 1 is 1.10 bits per heavy atom. The van der Waals surface area contributed by atoms with Gasteiger partial charge in [-0.1, -0.05) is 0 Å². The van der Waals surface area contributed by atoms with Crippen LogP contribution >= 0.6 is 0 Å². The molecule has 21 heavy (non-hydrogen) atoms. The van der Waals surface area contributed by atoms with Crippen LogP contribution in [-0.4, -0.2) is 26.9 Å². The van der Waals surface area contributed by atoms with Crippen molar-refractivity contribution in [2.45, 2.75) is 6.92 Å². The molecule has 3 rings (SSSR count). The standard InChI is InChI=1S/C15H13FN4O/c1-10-5-15(20-8-18-19-9-20)17-7-13(10)12-6-11(16)3-4-14(12)21-2/h3-9H,1-2H3. The number of benzene rings is 1. The molecular weight excluding hydrogens is 271 g/mol. The first-order valence-corrected chi connectivity index (χ1v) is 6.34. The molecule has 2 aromatic heterocycles. The van der Waals surface area contributed by atoms with Gasteiger partial charge in [0, 0.05) is 17.3 Å². The van der Waals surface area contributed by atoms with Gasteiger partial charge in [-0.15, -0.1) is 10.2 Å². The summed E-state index contributed by atoms with van der Waals surface area (Å²) in [6.45, 7) is 1.94. The van der Waals surface area contributed by atoms with Gasteiger partial charge in [-0.3, -0.25) is 4.57 Å². The van der Waals surface area contributed by atoms with Gasteiger partial charge in [0.2, 0.25) is 0 Å². The Kier molecular flexibility index (Phi) is 3.35. The number of hydrogen-bond acceptors (Lipinski definition) is 4. The molecule has 5 nitrogen and oxygen atoms in total. The summed E-state index contributed by atoms with van der Waals surface area (Å²) in [7, 11) is 1.56. The lowest BCUT2D eigenvalue weighted by atomic mass is 10.0. The van der Waals surface area contributed by atoms with E-state index in [2.05, 4.69) is 15.2 Å². The fraction of sp³-hybridized carbons (Fsp3) is 0.133. The molecule has 0 atom stereocenters. The third kappa shape index (κ3) is 2.47. The van der Waals surface area contributed by atoms with E-state index in [0.29, 0.717) is 17.1 Å². The van der Waals surface area contributed by atoms with E-state index in [1.807, 2.05) is 13.0 Å². The number of ether oxygens (including phenoxy) is 1. The summed E-state index contributed by atoms with van der Waals surface area (Å²) in [4.78, 5) is 4.37. The molecule has 0 amide bonds. The number of hydrogen-bond donors (Lipinski definition) is 0. The van der Waals surface area contributed by atoms with E-state index in [9.17, 15) is 4.39 Å². The Balaban J connectivity index is 2.10. The van der Waals surface area contributed by atoms with Crippen LogP contribution in [0.15, 0.2) is 43.1 Å². The third-order valence-corrected chi connectivity index (χ3v) is 3.23. The van der Waals surface area contributed by atoms with Crippen molar-refractivity contribution in [1.29, 1.82) is 0 Å². The number of aryl methyl sites for hydroxylation is 1. The predicted octanol–water partition coefficient (Wildman–Crippen LogP) is 2.79. The van der Waals surface area contributed by atoms with Crippen LogP contribution in [0.3, 0.4) is 0 Å². The minimum Gasteiger partial charge on any atom is -0.496 e. The number of methoxy groups -OCH3 is 1. The molecule has 0 fully saturated rings. The molecule has 0 bridgehead atoms. The molecule has 0 aliphatic carbocycles. The Bertz CT molecular complexity index is 771. The zero-order valence-electron chi connectivity index (χ0n) is 11.6. The summed E-state index contributed by atoms with van der Waals surface area (Å²) in [6, 6.07) is 6.32. The minimum absolute atomic E-state index is 0.312. The summed E-state index contributed by atoms with van der Waals surface area (Å²) in [5, 5.41) is 7.50. The summed E-state index contributed by atoms with van der Waals surface area (Å²) in [5.41, 5.74) is 2.46. The number of halogens is 1. The van der Waals surface area contributed by atoms with Crippen molar-refractivity contribution >= 4 is 0 Å². The quantitative estimate of drug-likeness (QED) is 0.742. The summed E-state index contributed by atoms with van der Waals surface area (Å²) >= 11 is 0. The van der Waals surface area contributed by atoms with Crippen molar-refractivity contribution in [3.8, 4) is 22.7 Å². The highest BCUT2D eigenvalue weighted by atomic mass is 19.1. The lowest BCUT2D eigenvalue weighted by Gasteiger charge is -2.12. The van der Waals surface area contributed by atoms with Gasteiger partial charge >= 0.3 is 0 Å². The van der Waals surface area contributed by atoms with Crippen LogP contribution < -0.4 is 4.74 Å². The molecule has 0 unspecified atom stereocenters. The zero-order valence-corrected chi connectivity index (χ0v) is 11.6. The lowest BCUT2D eigenvalue weighted by molar-refractivity contribution is 0.415. The molecule has 0 saturated heterocycles. The number of aromatic nitrogens is 4. The van der Waals surface area contributed by atoms with Crippen molar-refractivity contribution in [2.24, 2.45) is 0 Å². The molecule has 6 heteroatoms. The fourth-order valence-corrected chi connectivity index (χ4v) is 2.17. The van der Waals surface area contributed by atoms with Gasteiger partial charge in [-0.25, -0.2) is 9.37 Å². The molecule has 0 aliphatic rings. The van der Waals surface area contributed by atoms with Crippen molar-refractivity contribution in [3.05, 3.63) is 54.5 Å². The summed E-state index contributed by atoms with van der Waals surface area (Å²) < 4.78 is 20.5. The molecular formula is C15H13FN4O. The highest BCUT2D eigenvalue weighted by Gasteiger charge is 2.11. The molecule has 0 saturated carbocycles. The average molecular weight is 284 g/mol. The fourth-order valence-electron chi connectivity index (χ4n) is 2.17. The van der Waals surface area contributed by atoms with Gasteiger partial charge in [-0.05, 0) is 36.8 Å². The second-order valence-corrected chi connectivity index (χ2v) is 4.57. The van der Waals surface area contributed by atoms with Gasteiger partial charge in [0.05, 0.1) is 7.11 Å². The van der Waals surface area contributed by atoms with Crippen LogP contribution in [0.2, 0.25) is 0 Å². The first-order valence-electron chi connectivity index (χ1n) is 6.34. The van der Waals surface area contributed by atoms with E-state index < -0.39 is 0 Å². The summed E-state index contributed by atoms with van der Waals surface area (Å²) in [6.07, 6.45) is 4.84. The monoisotopic (exact) mass is 284 g/mol. The van der Waals surface area contributed by atoms with Gasteiger partial charge < -0.3 is 4.74 Å². The van der Waals surface area contributed by atoms with Crippen LogP contribution in [0.1, 0.15) is 5.56 Å². The third-order valence-electron chi connectivity index (χ3n) is 3.23.